The fourth-order valence-electron chi connectivity index (χ4n) is 3.22. The Morgan fingerprint density at radius 2 is 1.23 bits per heavy atom. The predicted molar refractivity (Wildman–Crippen MR) is 61.9 cm³/mol. The molecule has 0 aromatic carbocycles. The van der Waals surface area contributed by atoms with Crippen LogP contribution in [-0.2, 0) is 0 Å². The molecule has 0 aliphatic rings. The topological polar surface area (TPSA) is 0 Å². The van der Waals surface area contributed by atoms with E-state index in [-0.39, 0.29) is 0 Å². The summed E-state index contributed by atoms with van der Waals surface area (Å²) in [6.45, 7) is 14.2. The molecule has 0 aromatic heterocycles. The predicted octanol–water partition coefficient (Wildman–Crippen LogP) is 4.89. The molecule has 0 heteroatoms. The second-order valence-electron chi connectivity index (χ2n) is 4.61. The maximum absolute atomic E-state index is 2.39. The van der Waals surface area contributed by atoms with Crippen LogP contribution in [0.4, 0.5) is 0 Å². The van der Waals surface area contributed by atoms with Gasteiger partial charge in [-0.2, -0.15) is 0 Å². The molecule has 0 rings (SSSR count). The average Bonchev–Trinajstić information content (AvgIpc) is 2.13. The highest BCUT2D eigenvalue weighted by Gasteiger charge is 2.36. The Balaban J connectivity index is 4.71. The van der Waals surface area contributed by atoms with Crippen molar-refractivity contribution in [3.63, 3.8) is 0 Å². The van der Waals surface area contributed by atoms with E-state index < -0.39 is 0 Å². The molecular weight excluding hydrogens is 156 g/mol. The molecule has 0 heterocycles. The number of hydrogen-bond acceptors (Lipinski definition) is 0. The van der Waals surface area contributed by atoms with Gasteiger partial charge in [0, 0.05) is 0 Å². The standard InChI is InChI=1S/C13H28/c1-7-12(8-2)13(9-3,10-4)11(5)6/h11-12H,7-10H2,1-6H3. The van der Waals surface area contributed by atoms with Crippen molar-refractivity contribution >= 4 is 0 Å². The van der Waals surface area contributed by atoms with Gasteiger partial charge >= 0.3 is 0 Å². The minimum Gasteiger partial charge on any atom is -0.0651 e. The first-order valence-corrected chi connectivity index (χ1v) is 6.08. The molecular formula is C13H28. The van der Waals surface area contributed by atoms with Gasteiger partial charge in [-0.3, -0.25) is 0 Å². The van der Waals surface area contributed by atoms with E-state index in [0.717, 1.165) is 11.8 Å². The molecule has 0 amide bonds. The summed E-state index contributed by atoms with van der Waals surface area (Å²) in [5.74, 6) is 1.75. The zero-order valence-corrected chi connectivity index (χ0v) is 10.5. The maximum Gasteiger partial charge on any atom is -0.0252 e. The minimum atomic E-state index is 0.601. The third-order valence-electron chi connectivity index (χ3n) is 4.26. The summed E-state index contributed by atoms with van der Waals surface area (Å²) in [5, 5.41) is 0. The molecule has 0 saturated heterocycles. The molecule has 0 unspecified atom stereocenters. The molecule has 0 N–H and O–H groups in total. The molecule has 0 aliphatic carbocycles. The Morgan fingerprint density at radius 3 is 1.31 bits per heavy atom. The lowest BCUT2D eigenvalue weighted by molar-refractivity contribution is 0.0704. The van der Waals surface area contributed by atoms with Crippen molar-refractivity contribution in [2.24, 2.45) is 17.3 Å². The average molecular weight is 184 g/mol. The summed E-state index contributed by atoms with van der Waals surface area (Å²) in [5.41, 5.74) is 0.601. The van der Waals surface area contributed by atoms with Crippen molar-refractivity contribution in [2.45, 2.75) is 67.2 Å². The first-order chi connectivity index (χ1) is 6.08. The van der Waals surface area contributed by atoms with Gasteiger partial charge in [-0.25, -0.2) is 0 Å². The van der Waals surface area contributed by atoms with Gasteiger partial charge in [0.15, 0.2) is 0 Å². The van der Waals surface area contributed by atoms with Crippen molar-refractivity contribution in [1.29, 1.82) is 0 Å². The highest BCUT2D eigenvalue weighted by Crippen LogP contribution is 2.45. The van der Waals surface area contributed by atoms with Crippen LogP contribution in [0.1, 0.15) is 67.2 Å². The van der Waals surface area contributed by atoms with Gasteiger partial charge in [-0.05, 0) is 30.1 Å². The van der Waals surface area contributed by atoms with Crippen LogP contribution in [0.5, 0.6) is 0 Å². The van der Waals surface area contributed by atoms with E-state index in [1.54, 1.807) is 0 Å². The Labute approximate surface area is 85.1 Å². The quantitative estimate of drug-likeness (QED) is 0.551. The highest BCUT2D eigenvalue weighted by atomic mass is 14.4. The van der Waals surface area contributed by atoms with Crippen molar-refractivity contribution in [1.82, 2.24) is 0 Å². The molecule has 0 bridgehead atoms. The van der Waals surface area contributed by atoms with Crippen molar-refractivity contribution in [3.05, 3.63) is 0 Å². The van der Waals surface area contributed by atoms with E-state index >= 15 is 0 Å². The second kappa shape index (κ2) is 5.67. The van der Waals surface area contributed by atoms with E-state index in [1.807, 2.05) is 0 Å². The van der Waals surface area contributed by atoms with E-state index in [9.17, 15) is 0 Å². The number of hydrogen-bond donors (Lipinski definition) is 0. The van der Waals surface area contributed by atoms with Crippen LogP contribution in [0.3, 0.4) is 0 Å². The summed E-state index contributed by atoms with van der Waals surface area (Å²) in [4.78, 5) is 0. The molecule has 0 aromatic rings. The minimum absolute atomic E-state index is 0.601. The normalized spacial score (nSPS) is 12.9. The molecule has 80 valence electrons. The van der Waals surface area contributed by atoms with Crippen LogP contribution in [0.15, 0.2) is 0 Å². The Hall–Kier alpha value is 0. The van der Waals surface area contributed by atoms with Gasteiger partial charge in [-0.1, -0.05) is 54.4 Å². The van der Waals surface area contributed by atoms with Crippen LogP contribution >= 0.6 is 0 Å². The van der Waals surface area contributed by atoms with Crippen molar-refractivity contribution < 1.29 is 0 Å². The smallest absolute Gasteiger partial charge is 0.0252 e. The van der Waals surface area contributed by atoms with E-state index in [0.29, 0.717) is 5.41 Å². The largest absolute Gasteiger partial charge is 0.0651 e. The molecule has 0 atom stereocenters. The van der Waals surface area contributed by atoms with Crippen molar-refractivity contribution in [2.75, 3.05) is 0 Å². The lowest BCUT2D eigenvalue weighted by Crippen LogP contribution is -2.34. The van der Waals surface area contributed by atoms with Crippen LogP contribution < -0.4 is 0 Å². The van der Waals surface area contributed by atoms with Gasteiger partial charge in [0.1, 0.15) is 0 Å². The molecule has 0 nitrogen and oxygen atoms in total. The van der Waals surface area contributed by atoms with Crippen LogP contribution in [-0.4, -0.2) is 0 Å². The summed E-state index contributed by atoms with van der Waals surface area (Å²) < 4.78 is 0. The summed E-state index contributed by atoms with van der Waals surface area (Å²) in [6.07, 6.45) is 5.37. The molecule has 0 fully saturated rings. The van der Waals surface area contributed by atoms with Gasteiger partial charge in [0.2, 0.25) is 0 Å². The summed E-state index contributed by atoms with van der Waals surface area (Å²) >= 11 is 0. The fraction of sp³-hybridized carbons (Fsp3) is 1.00. The fourth-order valence-corrected chi connectivity index (χ4v) is 3.22. The number of rotatable bonds is 6. The summed E-state index contributed by atoms with van der Waals surface area (Å²) in [6, 6.07) is 0. The van der Waals surface area contributed by atoms with Gasteiger partial charge in [0.05, 0.1) is 0 Å². The zero-order chi connectivity index (χ0) is 10.5. The molecule has 0 saturated carbocycles. The first kappa shape index (κ1) is 13.0. The molecule has 0 radical (unpaired) electrons. The summed E-state index contributed by atoms with van der Waals surface area (Å²) in [7, 11) is 0. The zero-order valence-electron chi connectivity index (χ0n) is 10.5. The van der Waals surface area contributed by atoms with E-state index in [4.69, 9.17) is 0 Å². The highest BCUT2D eigenvalue weighted by molar-refractivity contribution is 4.85. The third kappa shape index (κ3) is 2.48. The Bertz CT molecular complexity index is 116. The maximum atomic E-state index is 2.39. The van der Waals surface area contributed by atoms with Gasteiger partial charge in [-0.15, -0.1) is 0 Å². The first-order valence-electron chi connectivity index (χ1n) is 6.08. The van der Waals surface area contributed by atoms with Crippen molar-refractivity contribution in [3.8, 4) is 0 Å². The molecule has 0 aliphatic heterocycles. The van der Waals surface area contributed by atoms with Crippen LogP contribution in [0.25, 0.3) is 0 Å². The van der Waals surface area contributed by atoms with Crippen LogP contribution in [0.2, 0.25) is 0 Å². The second-order valence-corrected chi connectivity index (χ2v) is 4.61. The Kier molecular flexibility index (Phi) is 5.67. The van der Waals surface area contributed by atoms with Crippen LogP contribution in [0, 0.1) is 17.3 Å². The molecule has 13 heavy (non-hydrogen) atoms. The SMILES string of the molecule is CCC(CC)C(CC)(CC)C(C)C. The van der Waals surface area contributed by atoms with Gasteiger partial charge < -0.3 is 0 Å². The third-order valence-corrected chi connectivity index (χ3v) is 4.26. The van der Waals surface area contributed by atoms with E-state index in [1.165, 1.54) is 25.7 Å². The monoisotopic (exact) mass is 184 g/mol. The lowest BCUT2D eigenvalue weighted by atomic mass is 9.62. The van der Waals surface area contributed by atoms with E-state index in [2.05, 4.69) is 41.5 Å². The van der Waals surface area contributed by atoms with Gasteiger partial charge in [0.25, 0.3) is 0 Å². The molecule has 0 spiro atoms. The Morgan fingerprint density at radius 1 is 0.846 bits per heavy atom. The lowest BCUT2D eigenvalue weighted by Gasteiger charge is -2.43.